The second-order valence-electron chi connectivity index (χ2n) is 8.64. The smallest absolute Gasteiger partial charge is 0.260 e. The molecule has 0 saturated heterocycles. The van der Waals surface area contributed by atoms with Gasteiger partial charge in [-0.2, -0.15) is 5.10 Å². The van der Waals surface area contributed by atoms with Crippen LogP contribution in [0.2, 0.25) is 0 Å². The SMILES string of the molecule is COc1ccc(C)cc1N(CC(=O)N/N=C\c1cc(C)n(-c2c(C)cccc2C)c1C)S(C)(=O)=O. The molecule has 0 aliphatic rings. The van der Waals surface area contributed by atoms with Crippen molar-refractivity contribution in [1.82, 2.24) is 9.99 Å². The molecule has 0 saturated carbocycles. The van der Waals surface area contributed by atoms with Crippen LogP contribution in [0.3, 0.4) is 0 Å². The number of sulfonamides is 1. The van der Waals surface area contributed by atoms with Gasteiger partial charge in [0.25, 0.3) is 5.91 Å². The Morgan fingerprint density at radius 3 is 2.34 bits per heavy atom. The highest BCUT2D eigenvalue weighted by Crippen LogP contribution is 2.31. The molecule has 2 aromatic carbocycles. The number of amides is 1. The number of aromatic nitrogens is 1. The Balaban J connectivity index is 1.82. The number of carbonyl (C=O) groups excluding carboxylic acids is 1. The van der Waals surface area contributed by atoms with Gasteiger partial charge in [0.2, 0.25) is 10.0 Å². The second kappa shape index (κ2) is 10.4. The summed E-state index contributed by atoms with van der Waals surface area (Å²) in [6.07, 6.45) is 2.62. The van der Waals surface area contributed by atoms with Gasteiger partial charge >= 0.3 is 0 Å². The lowest BCUT2D eigenvalue weighted by atomic mass is 10.1. The molecule has 186 valence electrons. The van der Waals surface area contributed by atoms with E-state index < -0.39 is 22.5 Å². The Kier molecular flexibility index (Phi) is 7.70. The van der Waals surface area contributed by atoms with Crippen LogP contribution in [0.1, 0.15) is 33.6 Å². The highest BCUT2D eigenvalue weighted by molar-refractivity contribution is 7.92. The fraction of sp³-hybridized carbons (Fsp3) is 0.308. The zero-order valence-corrected chi connectivity index (χ0v) is 22.0. The molecular weight excluding hydrogens is 464 g/mol. The molecule has 3 rings (SSSR count). The van der Waals surface area contributed by atoms with Gasteiger partial charge in [0.15, 0.2) is 0 Å². The first-order chi connectivity index (χ1) is 16.4. The van der Waals surface area contributed by atoms with Crippen LogP contribution in [0.5, 0.6) is 5.75 Å². The van der Waals surface area contributed by atoms with Crippen LogP contribution < -0.4 is 14.5 Å². The number of carbonyl (C=O) groups is 1. The normalized spacial score (nSPS) is 11.6. The van der Waals surface area contributed by atoms with Gasteiger partial charge in [-0.25, -0.2) is 13.8 Å². The lowest BCUT2D eigenvalue weighted by Crippen LogP contribution is -2.39. The molecular formula is C26H32N4O4S. The van der Waals surface area contributed by atoms with Gasteiger partial charge < -0.3 is 9.30 Å². The summed E-state index contributed by atoms with van der Waals surface area (Å²) in [6.45, 7) is 9.57. The number of hydrogen-bond donors (Lipinski definition) is 1. The van der Waals surface area contributed by atoms with Crippen molar-refractivity contribution in [2.45, 2.75) is 34.6 Å². The molecule has 1 N–H and O–H groups in total. The van der Waals surface area contributed by atoms with E-state index in [1.165, 1.54) is 7.11 Å². The molecule has 9 heteroatoms. The Labute approximate surface area is 207 Å². The number of aryl methyl sites for hydroxylation is 4. The van der Waals surface area contributed by atoms with Gasteiger partial charge in [0.05, 0.1) is 31.0 Å². The molecule has 0 aliphatic heterocycles. The van der Waals surface area contributed by atoms with Crippen molar-refractivity contribution in [1.29, 1.82) is 0 Å². The molecule has 0 unspecified atom stereocenters. The van der Waals surface area contributed by atoms with Gasteiger partial charge in [-0.15, -0.1) is 0 Å². The summed E-state index contributed by atoms with van der Waals surface area (Å²) in [7, 11) is -2.30. The predicted octanol–water partition coefficient (Wildman–Crippen LogP) is 3.94. The summed E-state index contributed by atoms with van der Waals surface area (Å²) in [5.74, 6) is -0.213. The molecule has 0 spiro atoms. The zero-order chi connectivity index (χ0) is 25.9. The highest BCUT2D eigenvalue weighted by Gasteiger charge is 2.24. The number of nitrogens with zero attached hydrogens (tertiary/aromatic N) is 3. The summed E-state index contributed by atoms with van der Waals surface area (Å²) in [5.41, 5.74) is 9.92. The van der Waals surface area contributed by atoms with Crippen LogP contribution in [0.4, 0.5) is 5.69 Å². The summed E-state index contributed by atoms with van der Waals surface area (Å²) >= 11 is 0. The summed E-state index contributed by atoms with van der Waals surface area (Å²) in [6, 6.07) is 13.3. The number of ether oxygens (including phenoxy) is 1. The van der Waals surface area contributed by atoms with Crippen molar-refractivity contribution in [2.24, 2.45) is 5.10 Å². The summed E-state index contributed by atoms with van der Waals surface area (Å²) in [4.78, 5) is 12.6. The fourth-order valence-corrected chi connectivity index (χ4v) is 4.99. The van der Waals surface area contributed by atoms with Crippen LogP contribution in [0, 0.1) is 34.6 Å². The lowest BCUT2D eigenvalue weighted by molar-refractivity contribution is -0.119. The summed E-state index contributed by atoms with van der Waals surface area (Å²) in [5, 5.41) is 4.09. The molecule has 3 aromatic rings. The topological polar surface area (TPSA) is 93.0 Å². The molecule has 35 heavy (non-hydrogen) atoms. The quantitative estimate of drug-likeness (QED) is 0.378. The average molecular weight is 497 g/mol. The van der Waals surface area contributed by atoms with Crippen molar-refractivity contribution < 1.29 is 17.9 Å². The average Bonchev–Trinajstić information content (AvgIpc) is 3.04. The molecule has 0 atom stereocenters. The number of methoxy groups -OCH3 is 1. The van der Waals surface area contributed by atoms with Crippen molar-refractivity contribution >= 4 is 27.8 Å². The molecule has 0 radical (unpaired) electrons. The van der Waals surface area contributed by atoms with Gasteiger partial charge in [-0.05, 0) is 69.5 Å². The highest BCUT2D eigenvalue weighted by atomic mass is 32.2. The second-order valence-corrected chi connectivity index (χ2v) is 10.5. The molecule has 1 heterocycles. The van der Waals surface area contributed by atoms with Gasteiger partial charge in [-0.1, -0.05) is 24.3 Å². The molecule has 1 amide bonds. The van der Waals surface area contributed by atoms with Crippen LogP contribution in [0.25, 0.3) is 5.69 Å². The van der Waals surface area contributed by atoms with E-state index in [2.05, 4.69) is 41.1 Å². The summed E-state index contributed by atoms with van der Waals surface area (Å²) < 4.78 is 33.4. The third-order valence-electron chi connectivity index (χ3n) is 5.82. The number of hydrogen-bond acceptors (Lipinski definition) is 5. The maximum absolute atomic E-state index is 12.6. The van der Waals surface area contributed by atoms with E-state index in [0.29, 0.717) is 11.4 Å². The maximum atomic E-state index is 12.6. The zero-order valence-electron chi connectivity index (χ0n) is 21.2. The van der Waals surface area contributed by atoms with E-state index in [0.717, 1.165) is 49.9 Å². The minimum Gasteiger partial charge on any atom is -0.495 e. The molecule has 8 nitrogen and oxygen atoms in total. The maximum Gasteiger partial charge on any atom is 0.260 e. The van der Waals surface area contributed by atoms with Crippen LogP contribution in [-0.2, 0) is 14.8 Å². The monoisotopic (exact) mass is 496 g/mol. The van der Waals surface area contributed by atoms with E-state index in [1.807, 2.05) is 39.0 Å². The number of para-hydroxylation sites is 1. The number of anilines is 1. The minimum absolute atomic E-state index is 0.297. The first-order valence-corrected chi connectivity index (χ1v) is 13.0. The van der Waals surface area contributed by atoms with E-state index in [-0.39, 0.29) is 0 Å². The molecule has 1 aromatic heterocycles. The van der Waals surface area contributed by atoms with E-state index >= 15 is 0 Å². The van der Waals surface area contributed by atoms with E-state index in [9.17, 15) is 13.2 Å². The predicted molar refractivity (Wildman–Crippen MR) is 140 cm³/mol. The van der Waals surface area contributed by atoms with Crippen molar-refractivity contribution in [3.63, 3.8) is 0 Å². The number of benzene rings is 2. The Morgan fingerprint density at radius 1 is 1.09 bits per heavy atom. The molecule has 0 bridgehead atoms. The van der Waals surface area contributed by atoms with Crippen LogP contribution >= 0.6 is 0 Å². The minimum atomic E-state index is -3.75. The number of hydrazone groups is 1. The first-order valence-electron chi connectivity index (χ1n) is 11.1. The van der Waals surface area contributed by atoms with Gasteiger partial charge in [0.1, 0.15) is 12.3 Å². The number of nitrogens with one attached hydrogen (secondary N) is 1. The van der Waals surface area contributed by atoms with Crippen LogP contribution in [0.15, 0.2) is 47.6 Å². The standard InChI is InChI=1S/C26H32N4O4S/c1-17-11-12-24(34-6)23(13-17)29(35(7,32)33)16-25(31)28-27-15-22-14-20(4)30(21(22)5)26-18(2)9-8-10-19(26)3/h8-15H,16H2,1-7H3,(H,28,31)/b27-15-. The Bertz CT molecular complexity index is 1370. The van der Waals surface area contributed by atoms with E-state index in [1.54, 1.807) is 18.3 Å². The largest absolute Gasteiger partial charge is 0.495 e. The Hall–Kier alpha value is -3.59. The molecule has 0 fully saturated rings. The van der Waals surface area contributed by atoms with Gasteiger partial charge in [0, 0.05) is 17.0 Å². The molecule has 0 aliphatic carbocycles. The van der Waals surface area contributed by atoms with Crippen molar-refractivity contribution in [2.75, 3.05) is 24.2 Å². The number of rotatable bonds is 8. The third-order valence-corrected chi connectivity index (χ3v) is 6.94. The van der Waals surface area contributed by atoms with Crippen molar-refractivity contribution in [3.8, 4) is 11.4 Å². The first kappa shape index (κ1) is 26.0. The fourth-order valence-electron chi connectivity index (χ4n) is 4.14. The third kappa shape index (κ3) is 5.74. The van der Waals surface area contributed by atoms with E-state index in [4.69, 9.17) is 4.74 Å². The van der Waals surface area contributed by atoms with Crippen LogP contribution in [-0.4, -0.2) is 45.0 Å². The Morgan fingerprint density at radius 2 is 1.74 bits per heavy atom. The lowest BCUT2D eigenvalue weighted by Gasteiger charge is -2.23. The van der Waals surface area contributed by atoms with Crippen molar-refractivity contribution in [3.05, 3.63) is 76.1 Å². The van der Waals surface area contributed by atoms with Gasteiger partial charge in [-0.3, -0.25) is 9.10 Å².